The number of rotatable bonds is 4. The number of para-hydroxylation sites is 1. The summed E-state index contributed by atoms with van der Waals surface area (Å²) in [7, 11) is 0. The van der Waals surface area contributed by atoms with Crippen LogP contribution in [0.5, 0.6) is 5.75 Å². The molecule has 0 atom stereocenters. The summed E-state index contributed by atoms with van der Waals surface area (Å²) in [6, 6.07) is 34.3. The summed E-state index contributed by atoms with van der Waals surface area (Å²) in [5.74, 6) is 0.917. The van der Waals surface area contributed by atoms with E-state index >= 15 is 0 Å². The number of hydrogen-bond donors (Lipinski definition) is 0. The largest absolute Gasteiger partial charge is 0.559 e. The minimum absolute atomic E-state index is 0. The molecule has 0 amide bonds. The van der Waals surface area contributed by atoms with Gasteiger partial charge in [0.05, 0.1) is 0 Å². The smallest absolute Gasteiger partial charge is 0.392 e. The number of aryl methyl sites for hydroxylation is 2. The maximum Gasteiger partial charge on any atom is 0.392 e. The molecule has 4 aromatic rings. The summed E-state index contributed by atoms with van der Waals surface area (Å²) >= 11 is 0. The average molecular weight is 579 g/mol. The number of hydrogen-bond acceptors (Lipinski definition) is 2. The van der Waals surface area contributed by atoms with Gasteiger partial charge in [-0.1, -0.05) is 48.5 Å². The summed E-state index contributed by atoms with van der Waals surface area (Å²) in [5, 5.41) is 0. The van der Waals surface area contributed by atoms with Crippen LogP contribution >= 0.6 is 0 Å². The molecule has 31 heavy (non-hydrogen) atoms. The second kappa shape index (κ2) is 9.05. The third kappa shape index (κ3) is 4.14. The monoisotopic (exact) mass is 579 g/mol. The summed E-state index contributed by atoms with van der Waals surface area (Å²) in [6.45, 7) is 3.97. The van der Waals surface area contributed by atoms with Gasteiger partial charge in [-0.3, -0.25) is 0 Å². The predicted octanol–water partition coefficient (Wildman–Crippen LogP) is 5.72. The van der Waals surface area contributed by atoms with Crippen LogP contribution in [0.25, 0.3) is 11.1 Å². The van der Waals surface area contributed by atoms with Crippen molar-refractivity contribution in [1.82, 2.24) is 0 Å². The van der Waals surface area contributed by atoms with E-state index in [-0.39, 0.29) is 27.0 Å². The molecule has 0 aromatic heterocycles. The Morgan fingerprint density at radius 1 is 0.774 bits per heavy atom. The van der Waals surface area contributed by atoms with E-state index in [9.17, 15) is 0 Å². The quantitative estimate of drug-likeness (QED) is 0.224. The molecule has 2 nitrogen and oxygen atoms in total. The molecule has 0 fully saturated rings. The van der Waals surface area contributed by atoms with Crippen LogP contribution in [0, 0.1) is 19.9 Å². The fourth-order valence-corrected chi connectivity index (χ4v) is 4.07. The molecule has 0 unspecified atom stereocenters. The Morgan fingerprint density at radius 3 is 2.16 bits per heavy atom. The van der Waals surface area contributed by atoms with E-state index in [1.807, 2.05) is 48.5 Å². The second-order valence-electron chi connectivity index (χ2n) is 7.64. The fourth-order valence-electron chi connectivity index (χ4n) is 4.07. The van der Waals surface area contributed by atoms with Crippen LogP contribution in [0.2, 0.25) is 0 Å². The van der Waals surface area contributed by atoms with Crippen molar-refractivity contribution >= 4 is 23.7 Å². The van der Waals surface area contributed by atoms with Crippen molar-refractivity contribution in [2.75, 3.05) is 0 Å². The Balaban J connectivity index is 0.00000231. The molecule has 0 saturated heterocycles. The van der Waals surface area contributed by atoms with Gasteiger partial charge in [0, 0.05) is 25.8 Å². The normalized spacial score (nSPS) is 12.1. The van der Waals surface area contributed by atoms with Gasteiger partial charge in [0.25, 0.3) is 0 Å². The van der Waals surface area contributed by atoms with Gasteiger partial charge >= 0.3 is 6.92 Å². The standard InChI is InChI=1S/C27H21BNO.Ir/c1-19-17-23(21-11-5-3-6-12-21)18-20(2)26(19)30-28-24-15-9-10-16-25(24)29-27(28)22-13-7-4-8-14-22;/h3-13,15-18H,1-2H3;/q-1;. The van der Waals surface area contributed by atoms with Crippen molar-refractivity contribution in [3.05, 3.63) is 114 Å². The van der Waals surface area contributed by atoms with Crippen LogP contribution < -0.4 is 10.1 Å². The summed E-state index contributed by atoms with van der Waals surface area (Å²) in [5.41, 5.74) is 8.58. The van der Waals surface area contributed by atoms with Crippen molar-refractivity contribution in [2.24, 2.45) is 4.99 Å². The van der Waals surface area contributed by atoms with Crippen LogP contribution in [-0.2, 0) is 20.1 Å². The average Bonchev–Trinajstić information content (AvgIpc) is 3.16. The van der Waals surface area contributed by atoms with E-state index < -0.39 is 0 Å². The van der Waals surface area contributed by atoms with E-state index in [1.165, 1.54) is 11.1 Å². The third-order valence-electron chi connectivity index (χ3n) is 5.50. The van der Waals surface area contributed by atoms with E-state index in [0.29, 0.717) is 0 Å². The van der Waals surface area contributed by atoms with E-state index in [4.69, 9.17) is 9.65 Å². The van der Waals surface area contributed by atoms with Crippen molar-refractivity contribution in [3.63, 3.8) is 0 Å². The van der Waals surface area contributed by atoms with Crippen LogP contribution in [0.4, 0.5) is 5.69 Å². The van der Waals surface area contributed by atoms with Crippen LogP contribution in [0.1, 0.15) is 16.7 Å². The van der Waals surface area contributed by atoms with Gasteiger partial charge < -0.3 is 9.65 Å². The zero-order chi connectivity index (χ0) is 20.5. The molecule has 1 radical (unpaired) electrons. The molecule has 1 heterocycles. The molecule has 4 heteroatoms. The predicted molar refractivity (Wildman–Crippen MR) is 125 cm³/mol. The zero-order valence-electron chi connectivity index (χ0n) is 17.4. The molecule has 1 aliphatic heterocycles. The van der Waals surface area contributed by atoms with Gasteiger partial charge in [-0.05, 0) is 65.4 Å². The first-order chi connectivity index (χ1) is 14.7. The van der Waals surface area contributed by atoms with Gasteiger partial charge in [-0.15, -0.1) is 35.9 Å². The zero-order valence-corrected chi connectivity index (χ0v) is 19.8. The minimum atomic E-state index is -0.250. The van der Waals surface area contributed by atoms with Crippen LogP contribution in [0.3, 0.4) is 0 Å². The molecule has 0 saturated carbocycles. The summed E-state index contributed by atoms with van der Waals surface area (Å²) < 4.78 is 6.67. The SMILES string of the molecule is Cc1cc(-c2ccccc2)cc(C)c1OB1C(c2[c-]cccc2)=Nc2ccccc21.[Ir]. The topological polar surface area (TPSA) is 21.6 Å². The van der Waals surface area contributed by atoms with Gasteiger partial charge in [0.2, 0.25) is 0 Å². The van der Waals surface area contributed by atoms with E-state index in [1.54, 1.807) is 0 Å². The number of fused-ring (bicyclic) bond motifs is 1. The Bertz CT molecular complexity index is 1220. The number of nitrogens with zero attached hydrogens (tertiary/aromatic N) is 1. The van der Waals surface area contributed by atoms with Crippen molar-refractivity contribution in [2.45, 2.75) is 13.8 Å². The Morgan fingerprint density at radius 2 is 1.45 bits per heavy atom. The molecular formula is C27H21BIrNO-. The third-order valence-corrected chi connectivity index (χ3v) is 5.50. The first kappa shape index (κ1) is 21.3. The second-order valence-corrected chi connectivity index (χ2v) is 7.64. The fraction of sp³-hybridized carbons (Fsp3) is 0.0741. The molecule has 0 aliphatic carbocycles. The molecule has 4 aromatic carbocycles. The van der Waals surface area contributed by atoms with Gasteiger partial charge in [-0.25, -0.2) is 0 Å². The molecule has 153 valence electrons. The Labute approximate surface area is 197 Å². The molecule has 0 N–H and O–H groups in total. The molecule has 5 rings (SSSR count). The van der Waals surface area contributed by atoms with E-state index in [2.05, 4.69) is 62.4 Å². The van der Waals surface area contributed by atoms with Gasteiger partial charge in [0.1, 0.15) is 5.75 Å². The molecule has 1 aliphatic rings. The first-order valence-electron chi connectivity index (χ1n) is 10.2. The number of benzene rings is 4. The van der Waals surface area contributed by atoms with Crippen LogP contribution in [-0.4, -0.2) is 12.5 Å². The van der Waals surface area contributed by atoms with Crippen molar-refractivity contribution in [1.29, 1.82) is 0 Å². The van der Waals surface area contributed by atoms with Crippen LogP contribution in [0.15, 0.2) is 96.0 Å². The van der Waals surface area contributed by atoms with Crippen molar-refractivity contribution < 1.29 is 24.8 Å². The maximum atomic E-state index is 6.67. The molecular weight excluding hydrogens is 557 g/mol. The number of aliphatic imine (C=N–C) groups is 1. The maximum absolute atomic E-state index is 6.67. The van der Waals surface area contributed by atoms with Crippen molar-refractivity contribution in [3.8, 4) is 16.9 Å². The first-order valence-corrected chi connectivity index (χ1v) is 10.2. The van der Waals surface area contributed by atoms with Gasteiger partial charge in [-0.2, -0.15) is 0 Å². The summed E-state index contributed by atoms with van der Waals surface area (Å²) in [6.07, 6.45) is 0. The van der Waals surface area contributed by atoms with Gasteiger partial charge in [0.15, 0.2) is 0 Å². The summed E-state index contributed by atoms with van der Waals surface area (Å²) in [4.78, 5) is 4.88. The Hall–Kier alpha value is -2.94. The van der Waals surface area contributed by atoms with E-state index in [0.717, 1.165) is 39.2 Å². The molecule has 0 spiro atoms. The Kier molecular flexibility index (Phi) is 6.22. The molecule has 0 bridgehead atoms. The minimum Gasteiger partial charge on any atom is -0.559 e.